The molecule has 3 N–H and O–H groups in total. The van der Waals surface area contributed by atoms with Gasteiger partial charge in [0.05, 0.1) is 40.8 Å². The standard InChI is InChI=1S/C18H13ClN6O3S/c1-28-14-6-12(23-17(26)15-3-2-4-29-15)11(19)5-13(14)24-18(27)25-16-9-21-10(7-20)8-22-16/h2-6,8-9H,1H3,(H,23,26)(H2,22,24,25,27). The summed E-state index contributed by atoms with van der Waals surface area (Å²) in [5, 5.41) is 18.5. The smallest absolute Gasteiger partial charge is 0.325 e. The Labute approximate surface area is 174 Å². The summed E-state index contributed by atoms with van der Waals surface area (Å²) >= 11 is 7.55. The molecule has 2 aromatic heterocycles. The number of thiophene rings is 1. The summed E-state index contributed by atoms with van der Waals surface area (Å²) in [4.78, 5) is 32.7. The maximum absolute atomic E-state index is 12.2. The lowest BCUT2D eigenvalue weighted by molar-refractivity contribution is 0.103. The number of methoxy groups -OCH3 is 1. The first kappa shape index (κ1) is 20.1. The molecule has 0 aliphatic carbocycles. The van der Waals surface area contributed by atoms with Crippen molar-refractivity contribution in [3.63, 3.8) is 0 Å². The monoisotopic (exact) mass is 428 g/mol. The number of anilines is 3. The second kappa shape index (κ2) is 9.01. The Kier molecular flexibility index (Phi) is 6.23. The molecule has 0 saturated heterocycles. The molecule has 3 amide bonds. The fourth-order valence-corrected chi connectivity index (χ4v) is 3.06. The molecule has 11 heteroatoms. The van der Waals surface area contributed by atoms with Crippen molar-refractivity contribution in [2.24, 2.45) is 0 Å². The second-order valence-corrected chi connectivity index (χ2v) is 6.80. The van der Waals surface area contributed by atoms with Gasteiger partial charge in [0.15, 0.2) is 11.5 Å². The summed E-state index contributed by atoms with van der Waals surface area (Å²) in [6, 6.07) is 7.64. The van der Waals surface area contributed by atoms with E-state index in [0.717, 1.165) is 0 Å². The minimum Gasteiger partial charge on any atom is -0.494 e. The normalized spacial score (nSPS) is 9.97. The number of urea groups is 1. The van der Waals surface area contributed by atoms with E-state index in [1.807, 2.05) is 6.07 Å². The molecular formula is C18H13ClN6O3S. The van der Waals surface area contributed by atoms with Crippen LogP contribution >= 0.6 is 22.9 Å². The number of aromatic nitrogens is 2. The summed E-state index contributed by atoms with van der Waals surface area (Å²) in [5.74, 6) is 0.144. The Morgan fingerprint density at radius 1 is 1.17 bits per heavy atom. The first-order chi connectivity index (χ1) is 14.0. The van der Waals surface area contributed by atoms with E-state index in [0.29, 0.717) is 10.6 Å². The highest BCUT2D eigenvalue weighted by atomic mass is 35.5. The molecule has 0 bridgehead atoms. The lowest BCUT2D eigenvalue weighted by atomic mass is 10.2. The minimum atomic E-state index is -0.617. The number of halogens is 1. The Balaban J connectivity index is 1.73. The van der Waals surface area contributed by atoms with Gasteiger partial charge in [-0.05, 0) is 17.5 Å². The summed E-state index contributed by atoms with van der Waals surface area (Å²) in [6.45, 7) is 0. The zero-order valence-electron chi connectivity index (χ0n) is 14.9. The molecule has 0 unspecified atom stereocenters. The number of rotatable bonds is 5. The van der Waals surface area contributed by atoms with Crippen molar-refractivity contribution in [2.45, 2.75) is 0 Å². The van der Waals surface area contributed by atoms with Gasteiger partial charge < -0.3 is 15.4 Å². The lowest BCUT2D eigenvalue weighted by Gasteiger charge is -2.14. The van der Waals surface area contributed by atoms with Crippen molar-refractivity contribution >= 4 is 52.1 Å². The van der Waals surface area contributed by atoms with Crippen molar-refractivity contribution in [1.29, 1.82) is 5.26 Å². The van der Waals surface area contributed by atoms with Gasteiger partial charge in [-0.15, -0.1) is 11.3 Å². The highest BCUT2D eigenvalue weighted by Crippen LogP contribution is 2.35. The number of hydrogen-bond acceptors (Lipinski definition) is 7. The molecule has 0 aliphatic rings. The van der Waals surface area contributed by atoms with E-state index in [9.17, 15) is 9.59 Å². The van der Waals surface area contributed by atoms with Crippen LogP contribution in [0.4, 0.5) is 22.0 Å². The van der Waals surface area contributed by atoms with Crippen LogP contribution in [-0.2, 0) is 0 Å². The third kappa shape index (κ3) is 4.98. The molecule has 0 spiro atoms. The average Bonchev–Trinajstić information content (AvgIpc) is 3.25. The van der Waals surface area contributed by atoms with E-state index in [4.69, 9.17) is 21.6 Å². The fraction of sp³-hybridized carbons (Fsp3) is 0.0556. The Hall–Kier alpha value is -3.68. The number of benzene rings is 1. The van der Waals surface area contributed by atoms with Crippen LogP contribution < -0.4 is 20.7 Å². The third-order valence-corrected chi connectivity index (χ3v) is 4.72. The maximum Gasteiger partial charge on any atom is 0.325 e. The number of carbonyl (C=O) groups excluding carboxylic acids is 2. The molecule has 9 nitrogen and oxygen atoms in total. The zero-order valence-corrected chi connectivity index (χ0v) is 16.5. The average molecular weight is 429 g/mol. The Morgan fingerprint density at radius 3 is 2.62 bits per heavy atom. The summed E-state index contributed by atoms with van der Waals surface area (Å²) in [7, 11) is 1.42. The van der Waals surface area contributed by atoms with Crippen molar-refractivity contribution in [3.05, 3.63) is 57.6 Å². The SMILES string of the molecule is COc1cc(NC(=O)c2cccs2)c(Cl)cc1NC(=O)Nc1cnc(C#N)cn1. The van der Waals surface area contributed by atoms with Crippen LogP contribution in [-0.4, -0.2) is 29.0 Å². The fourth-order valence-electron chi connectivity index (χ4n) is 2.23. The molecule has 0 aliphatic heterocycles. The highest BCUT2D eigenvalue weighted by molar-refractivity contribution is 7.12. The lowest BCUT2D eigenvalue weighted by Crippen LogP contribution is -2.21. The van der Waals surface area contributed by atoms with Gasteiger partial charge in [-0.25, -0.2) is 14.8 Å². The van der Waals surface area contributed by atoms with E-state index < -0.39 is 6.03 Å². The number of nitrogens with one attached hydrogen (secondary N) is 3. The van der Waals surface area contributed by atoms with Crippen LogP contribution in [0.25, 0.3) is 0 Å². The van der Waals surface area contributed by atoms with Gasteiger partial charge in [-0.1, -0.05) is 17.7 Å². The summed E-state index contributed by atoms with van der Waals surface area (Å²) in [6.07, 6.45) is 2.49. The predicted octanol–water partition coefficient (Wildman–Crippen LogP) is 3.97. The molecule has 146 valence electrons. The Morgan fingerprint density at radius 2 is 2.00 bits per heavy atom. The van der Waals surface area contributed by atoms with Crippen LogP contribution in [0.15, 0.2) is 42.0 Å². The number of hydrogen-bond donors (Lipinski definition) is 3. The highest BCUT2D eigenvalue weighted by Gasteiger charge is 2.15. The van der Waals surface area contributed by atoms with Gasteiger partial charge in [0.25, 0.3) is 5.91 Å². The molecule has 0 saturated carbocycles. The topological polar surface area (TPSA) is 129 Å². The first-order valence-electron chi connectivity index (χ1n) is 8.02. The van der Waals surface area contributed by atoms with Crippen LogP contribution in [0.1, 0.15) is 15.4 Å². The number of nitrogens with zero attached hydrogens (tertiary/aromatic N) is 3. The maximum atomic E-state index is 12.2. The van der Waals surface area contributed by atoms with Crippen molar-refractivity contribution < 1.29 is 14.3 Å². The van der Waals surface area contributed by atoms with Gasteiger partial charge >= 0.3 is 6.03 Å². The van der Waals surface area contributed by atoms with Crippen molar-refractivity contribution in [1.82, 2.24) is 9.97 Å². The van der Waals surface area contributed by atoms with Gasteiger partial charge in [0.2, 0.25) is 0 Å². The van der Waals surface area contributed by atoms with Crippen molar-refractivity contribution in [3.8, 4) is 11.8 Å². The van der Waals surface area contributed by atoms with Crippen LogP contribution in [0.5, 0.6) is 5.75 Å². The Bertz CT molecular complexity index is 1080. The molecule has 29 heavy (non-hydrogen) atoms. The molecule has 1 aromatic carbocycles. The molecule has 0 fully saturated rings. The predicted molar refractivity (Wildman–Crippen MR) is 110 cm³/mol. The van der Waals surface area contributed by atoms with Crippen LogP contribution in [0.2, 0.25) is 5.02 Å². The van der Waals surface area contributed by atoms with Crippen LogP contribution in [0.3, 0.4) is 0 Å². The van der Waals surface area contributed by atoms with Gasteiger partial charge in [-0.3, -0.25) is 10.1 Å². The quantitative estimate of drug-likeness (QED) is 0.563. The molecule has 3 rings (SSSR count). The molecule has 2 heterocycles. The number of carbonyl (C=O) groups is 2. The number of nitriles is 1. The largest absolute Gasteiger partial charge is 0.494 e. The van der Waals surface area contributed by atoms with Crippen molar-refractivity contribution in [2.75, 3.05) is 23.1 Å². The third-order valence-electron chi connectivity index (χ3n) is 3.54. The van der Waals surface area contributed by atoms with E-state index in [2.05, 4.69) is 25.9 Å². The van der Waals surface area contributed by atoms with Gasteiger partial charge in [0.1, 0.15) is 11.8 Å². The molecule has 0 radical (unpaired) electrons. The van der Waals surface area contributed by atoms with E-state index in [1.165, 1.54) is 43.0 Å². The second-order valence-electron chi connectivity index (χ2n) is 5.44. The van der Waals surface area contributed by atoms with E-state index in [1.54, 1.807) is 17.5 Å². The number of ether oxygens (including phenoxy) is 1. The minimum absolute atomic E-state index is 0.129. The number of amides is 3. The molecule has 0 atom stereocenters. The summed E-state index contributed by atoms with van der Waals surface area (Å²) in [5.41, 5.74) is 0.751. The van der Waals surface area contributed by atoms with Crippen LogP contribution in [0, 0.1) is 11.3 Å². The summed E-state index contributed by atoms with van der Waals surface area (Å²) < 4.78 is 5.28. The molecule has 3 aromatic rings. The van der Waals surface area contributed by atoms with Gasteiger partial charge in [-0.2, -0.15) is 5.26 Å². The van der Waals surface area contributed by atoms with E-state index in [-0.39, 0.29) is 33.9 Å². The molecular weight excluding hydrogens is 416 g/mol. The first-order valence-corrected chi connectivity index (χ1v) is 9.28. The van der Waals surface area contributed by atoms with Gasteiger partial charge in [0, 0.05) is 6.07 Å². The zero-order chi connectivity index (χ0) is 20.8. The van der Waals surface area contributed by atoms with E-state index >= 15 is 0 Å².